The van der Waals surface area contributed by atoms with Gasteiger partial charge in [0.25, 0.3) is 0 Å². The molecule has 0 saturated carbocycles. The summed E-state index contributed by atoms with van der Waals surface area (Å²) in [5.41, 5.74) is 0.818. The number of para-hydroxylation sites is 1. The highest BCUT2D eigenvalue weighted by Crippen LogP contribution is 2.10. The standard InChI is InChI=1S/C12H18N2O4/c1-14(9-5-3-2-4-6-9)13-7-10(16)12(18)11(17)8-15/h2-7,10-12,15-18H,8H2,1H3. The molecule has 3 atom stereocenters. The van der Waals surface area contributed by atoms with Gasteiger partial charge in [0, 0.05) is 7.05 Å². The van der Waals surface area contributed by atoms with Crippen molar-refractivity contribution < 1.29 is 20.4 Å². The van der Waals surface area contributed by atoms with Gasteiger partial charge in [0.1, 0.15) is 18.3 Å². The van der Waals surface area contributed by atoms with Gasteiger partial charge in [0.15, 0.2) is 0 Å². The maximum Gasteiger partial charge on any atom is 0.119 e. The fourth-order valence-electron chi connectivity index (χ4n) is 1.30. The van der Waals surface area contributed by atoms with Crippen LogP contribution >= 0.6 is 0 Å². The van der Waals surface area contributed by atoms with Crippen LogP contribution < -0.4 is 5.01 Å². The third-order valence-corrected chi connectivity index (χ3v) is 2.45. The van der Waals surface area contributed by atoms with Gasteiger partial charge in [0.2, 0.25) is 0 Å². The van der Waals surface area contributed by atoms with Crippen LogP contribution in [0.4, 0.5) is 5.69 Å². The van der Waals surface area contributed by atoms with Gasteiger partial charge >= 0.3 is 0 Å². The Balaban J connectivity index is 2.58. The first kappa shape index (κ1) is 14.6. The SMILES string of the molecule is CN(N=CC(O)C(O)C(O)CO)c1ccccc1. The summed E-state index contributed by atoms with van der Waals surface area (Å²) in [5, 5.41) is 42.1. The second kappa shape index (κ2) is 7.07. The third-order valence-electron chi connectivity index (χ3n) is 2.45. The Morgan fingerprint density at radius 2 is 1.83 bits per heavy atom. The monoisotopic (exact) mass is 254 g/mol. The number of rotatable bonds is 6. The van der Waals surface area contributed by atoms with Crippen molar-refractivity contribution in [2.75, 3.05) is 18.7 Å². The van der Waals surface area contributed by atoms with E-state index in [1.54, 1.807) is 7.05 Å². The molecule has 0 spiro atoms. The molecule has 0 aliphatic heterocycles. The van der Waals surface area contributed by atoms with E-state index in [2.05, 4.69) is 5.10 Å². The maximum absolute atomic E-state index is 9.52. The van der Waals surface area contributed by atoms with Crippen LogP contribution in [0, 0.1) is 0 Å². The van der Waals surface area contributed by atoms with Crippen LogP contribution in [0.25, 0.3) is 0 Å². The minimum Gasteiger partial charge on any atom is -0.394 e. The van der Waals surface area contributed by atoms with Gasteiger partial charge in [-0.1, -0.05) is 18.2 Å². The molecule has 0 saturated heterocycles. The fourth-order valence-corrected chi connectivity index (χ4v) is 1.30. The third kappa shape index (κ3) is 4.08. The van der Waals surface area contributed by atoms with E-state index in [0.717, 1.165) is 11.9 Å². The Kier molecular flexibility index (Phi) is 5.73. The van der Waals surface area contributed by atoms with E-state index in [0.29, 0.717) is 0 Å². The summed E-state index contributed by atoms with van der Waals surface area (Å²) >= 11 is 0. The second-order valence-electron chi connectivity index (χ2n) is 3.85. The topological polar surface area (TPSA) is 96.5 Å². The van der Waals surface area contributed by atoms with E-state index in [9.17, 15) is 10.2 Å². The summed E-state index contributed by atoms with van der Waals surface area (Å²) in [6.07, 6.45) is -3.11. The first-order chi connectivity index (χ1) is 8.56. The summed E-state index contributed by atoms with van der Waals surface area (Å²) in [6.45, 7) is -0.624. The van der Waals surface area contributed by atoms with Crippen molar-refractivity contribution in [3.05, 3.63) is 30.3 Å². The molecule has 0 bridgehead atoms. The lowest BCUT2D eigenvalue weighted by molar-refractivity contribution is -0.0541. The van der Waals surface area contributed by atoms with E-state index >= 15 is 0 Å². The van der Waals surface area contributed by atoms with Crippen molar-refractivity contribution in [1.82, 2.24) is 0 Å². The number of hydrazone groups is 1. The van der Waals surface area contributed by atoms with Crippen LogP contribution in [0.15, 0.2) is 35.4 Å². The quantitative estimate of drug-likeness (QED) is 0.393. The number of hydrogen-bond donors (Lipinski definition) is 4. The molecule has 4 N–H and O–H groups in total. The van der Waals surface area contributed by atoms with Gasteiger partial charge in [-0.15, -0.1) is 0 Å². The van der Waals surface area contributed by atoms with Gasteiger partial charge in [-0.05, 0) is 12.1 Å². The lowest BCUT2D eigenvalue weighted by Crippen LogP contribution is -2.40. The predicted octanol–water partition coefficient (Wildman–Crippen LogP) is -0.816. The Bertz CT molecular complexity index is 372. The molecule has 6 heteroatoms. The summed E-state index contributed by atoms with van der Waals surface area (Å²) < 4.78 is 0. The Morgan fingerprint density at radius 3 is 2.39 bits per heavy atom. The molecule has 0 heterocycles. The van der Waals surface area contributed by atoms with Crippen LogP contribution in [0.3, 0.4) is 0 Å². The van der Waals surface area contributed by atoms with E-state index in [-0.39, 0.29) is 0 Å². The minimum atomic E-state index is -1.47. The predicted molar refractivity (Wildman–Crippen MR) is 68.4 cm³/mol. The number of aliphatic hydroxyl groups is 4. The van der Waals surface area contributed by atoms with Crippen molar-refractivity contribution in [1.29, 1.82) is 0 Å². The van der Waals surface area contributed by atoms with E-state index in [1.807, 2.05) is 30.3 Å². The summed E-state index contributed by atoms with van der Waals surface area (Å²) in [5.74, 6) is 0. The van der Waals surface area contributed by atoms with Gasteiger partial charge < -0.3 is 20.4 Å². The molecule has 0 fully saturated rings. The molecule has 1 aromatic carbocycles. The van der Waals surface area contributed by atoms with E-state index in [1.165, 1.54) is 5.01 Å². The molecular weight excluding hydrogens is 236 g/mol. The molecule has 0 radical (unpaired) electrons. The molecule has 18 heavy (non-hydrogen) atoms. The average Bonchev–Trinajstić information content (AvgIpc) is 2.43. The van der Waals surface area contributed by atoms with Gasteiger partial charge in [0.05, 0.1) is 18.5 Å². The van der Waals surface area contributed by atoms with Gasteiger partial charge in [-0.3, -0.25) is 5.01 Å². The number of anilines is 1. The second-order valence-corrected chi connectivity index (χ2v) is 3.85. The molecule has 0 aliphatic rings. The lowest BCUT2D eigenvalue weighted by atomic mass is 10.1. The average molecular weight is 254 g/mol. The molecule has 0 aliphatic carbocycles. The number of aliphatic hydroxyl groups excluding tert-OH is 4. The highest BCUT2D eigenvalue weighted by atomic mass is 16.4. The smallest absolute Gasteiger partial charge is 0.119 e. The highest BCUT2D eigenvalue weighted by molar-refractivity contribution is 5.65. The van der Waals surface area contributed by atoms with Crippen molar-refractivity contribution in [2.45, 2.75) is 18.3 Å². The summed E-state index contributed by atoms with van der Waals surface area (Å²) in [7, 11) is 1.69. The van der Waals surface area contributed by atoms with Gasteiger partial charge in [-0.25, -0.2) is 0 Å². The molecule has 1 aromatic rings. The number of hydrogen-bond acceptors (Lipinski definition) is 6. The zero-order valence-corrected chi connectivity index (χ0v) is 10.1. The van der Waals surface area contributed by atoms with Crippen molar-refractivity contribution in [2.24, 2.45) is 5.10 Å². The molecule has 3 unspecified atom stereocenters. The van der Waals surface area contributed by atoms with E-state index < -0.39 is 24.9 Å². The molecule has 1 rings (SSSR count). The fraction of sp³-hybridized carbons (Fsp3) is 0.417. The summed E-state index contributed by atoms with van der Waals surface area (Å²) in [6, 6.07) is 9.24. The highest BCUT2D eigenvalue weighted by Gasteiger charge is 2.22. The Morgan fingerprint density at radius 1 is 1.22 bits per heavy atom. The normalized spacial score (nSPS) is 16.5. The largest absolute Gasteiger partial charge is 0.394 e. The number of nitrogens with zero attached hydrogens (tertiary/aromatic N) is 2. The number of benzene rings is 1. The van der Waals surface area contributed by atoms with E-state index in [4.69, 9.17) is 10.2 Å². The molecule has 0 amide bonds. The first-order valence-corrected chi connectivity index (χ1v) is 5.54. The van der Waals surface area contributed by atoms with Crippen molar-refractivity contribution in [3.8, 4) is 0 Å². The molecule has 100 valence electrons. The zero-order valence-electron chi connectivity index (χ0n) is 10.1. The Hall–Kier alpha value is -1.47. The molecule has 6 nitrogen and oxygen atoms in total. The zero-order chi connectivity index (χ0) is 13.5. The van der Waals surface area contributed by atoms with Crippen LogP contribution in [0.5, 0.6) is 0 Å². The van der Waals surface area contributed by atoms with Crippen molar-refractivity contribution >= 4 is 11.9 Å². The van der Waals surface area contributed by atoms with Crippen LogP contribution in [-0.4, -0.2) is 58.6 Å². The first-order valence-electron chi connectivity index (χ1n) is 5.54. The minimum absolute atomic E-state index is 0.624. The Labute approximate surface area is 105 Å². The maximum atomic E-state index is 9.52. The van der Waals surface area contributed by atoms with Crippen molar-refractivity contribution in [3.63, 3.8) is 0 Å². The van der Waals surface area contributed by atoms with Gasteiger partial charge in [-0.2, -0.15) is 5.10 Å². The molecular formula is C12H18N2O4. The summed E-state index contributed by atoms with van der Waals surface area (Å²) in [4.78, 5) is 0. The van der Waals surface area contributed by atoms with Crippen LogP contribution in [-0.2, 0) is 0 Å². The van der Waals surface area contributed by atoms with Crippen LogP contribution in [0.2, 0.25) is 0 Å². The van der Waals surface area contributed by atoms with Crippen LogP contribution in [0.1, 0.15) is 0 Å². The molecule has 0 aromatic heterocycles. The lowest BCUT2D eigenvalue weighted by Gasteiger charge is -2.19.